The summed E-state index contributed by atoms with van der Waals surface area (Å²) in [5.74, 6) is 1.02. The normalized spacial score (nSPS) is 41.8. The fourth-order valence-corrected chi connectivity index (χ4v) is 12.1. The van der Waals surface area contributed by atoms with Gasteiger partial charge in [0, 0.05) is 11.0 Å². The zero-order chi connectivity index (χ0) is 28.9. The lowest BCUT2D eigenvalue weighted by molar-refractivity contribution is -0.169. The summed E-state index contributed by atoms with van der Waals surface area (Å²) >= 11 is 3.53. The molecule has 13 heteroatoms. The van der Waals surface area contributed by atoms with Crippen molar-refractivity contribution in [2.75, 3.05) is 19.0 Å². The molecule has 228 valence electrons. The van der Waals surface area contributed by atoms with E-state index in [4.69, 9.17) is 14.0 Å². The van der Waals surface area contributed by atoms with E-state index < -0.39 is 44.9 Å². The van der Waals surface area contributed by atoms with E-state index in [1.165, 1.54) is 0 Å². The Morgan fingerprint density at radius 3 is 2.48 bits per heavy atom. The Balaban J connectivity index is 1.17. The van der Waals surface area contributed by atoms with Crippen molar-refractivity contribution < 1.29 is 45.9 Å². The van der Waals surface area contributed by atoms with Crippen molar-refractivity contribution in [3.63, 3.8) is 0 Å². The van der Waals surface area contributed by atoms with Crippen molar-refractivity contribution >= 4 is 45.6 Å². The molecule has 0 radical (unpaired) electrons. The second-order valence-corrected chi connectivity index (χ2v) is 17.6. The highest BCUT2D eigenvalue weighted by atomic mass is 32.2. The maximum Gasteiger partial charge on any atom is 0.402 e. The predicted molar refractivity (Wildman–Crippen MR) is 147 cm³/mol. The molecule has 1 heterocycles. The number of halogens is 2. The van der Waals surface area contributed by atoms with Gasteiger partial charge in [0.2, 0.25) is 0 Å². The average molecular weight is 627 g/mol. The summed E-state index contributed by atoms with van der Waals surface area (Å²) in [7, 11) is -5.68. The number of esters is 2. The van der Waals surface area contributed by atoms with Crippen LogP contribution in [0.15, 0.2) is 0 Å². The van der Waals surface area contributed by atoms with Crippen LogP contribution in [0.4, 0.5) is 8.78 Å². The molecule has 1 saturated heterocycles. The highest BCUT2D eigenvalue weighted by Crippen LogP contribution is 2.57. The van der Waals surface area contributed by atoms with Gasteiger partial charge in [-0.2, -0.15) is 17.2 Å². The van der Waals surface area contributed by atoms with Gasteiger partial charge in [0.05, 0.1) is 21.5 Å². The van der Waals surface area contributed by atoms with Gasteiger partial charge in [-0.1, -0.05) is 19.8 Å². The summed E-state index contributed by atoms with van der Waals surface area (Å²) in [6.45, 7) is 0.778. The van der Waals surface area contributed by atoms with Crippen molar-refractivity contribution in [3.05, 3.63) is 0 Å². The van der Waals surface area contributed by atoms with E-state index in [1.807, 2.05) is 0 Å². The van der Waals surface area contributed by atoms with Crippen LogP contribution in [0.25, 0.3) is 0 Å². The quantitative estimate of drug-likeness (QED) is 0.284. The van der Waals surface area contributed by atoms with E-state index in [0.29, 0.717) is 44.1 Å². The third-order valence-electron chi connectivity index (χ3n) is 9.80. The van der Waals surface area contributed by atoms with Crippen LogP contribution >= 0.6 is 23.5 Å². The Hall–Kier alpha value is -0.630. The van der Waals surface area contributed by atoms with Gasteiger partial charge >= 0.3 is 27.3 Å². The Kier molecular flexibility index (Phi) is 8.83. The monoisotopic (exact) mass is 626 g/mol. The molecule has 9 atom stereocenters. The first-order valence-electron chi connectivity index (χ1n) is 14.3. The van der Waals surface area contributed by atoms with E-state index >= 15 is 0 Å². The summed E-state index contributed by atoms with van der Waals surface area (Å²) in [5.41, 5.74) is -1.52. The van der Waals surface area contributed by atoms with Gasteiger partial charge in [-0.15, -0.1) is 23.5 Å². The lowest BCUT2D eigenvalue weighted by Crippen LogP contribution is -2.47. The van der Waals surface area contributed by atoms with Crippen molar-refractivity contribution in [2.45, 2.75) is 98.7 Å². The second-order valence-electron chi connectivity index (χ2n) is 13.2. The molecule has 8 nitrogen and oxygen atoms in total. The molecule has 2 N–H and O–H groups in total. The van der Waals surface area contributed by atoms with Crippen LogP contribution in [0.2, 0.25) is 0 Å². The number of aliphatic hydroxyl groups is 1. The predicted octanol–water partition coefficient (Wildman–Crippen LogP) is 4.89. The van der Waals surface area contributed by atoms with E-state index in [1.54, 1.807) is 23.5 Å². The standard InChI is InChI=1S/C27H40F2O8S3/c1-16-5-18-7-20(30)12-26(8-16,10-18)24(32)36-13-21-14-38-22(39-21)19-6-17-3-2-4-25(9-17,11-19)23(31)37-15-27(28,29)40(33,34)35/h16-22,30H,2-15H2,1H3,(H,33,34,35). The smallest absolute Gasteiger partial charge is 0.402 e. The van der Waals surface area contributed by atoms with Gasteiger partial charge in [-0.05, 0) is 81.5 Å². The highest BCUT2D eigenvalue weighted by molar-refractivity contribution is 8.20. The average Bonchev–Trinajstić information content (AvgIpc) is 3.33. The van der Waals surface area contributed by atoms with Crippen LogP contribution in [0, 0.1) is 34.5 Å². The van der Waals surface area contributed by atoms with Crippen LogP contribution in [0.3, 0.4) is 0 Å². The minimum atomic E-state index is -5.68. The van der Waals surface area contributed by atoms with E-state index in [2.05, 4.69) is 6.92 Å². The topological polar surface area (TPSA) is 127 Å². The maximum absolute atomic E-state index is 13.7. The molecule has 4 saturated carbocycles. The number of hydrogen-bond acceptors (Lipinski definition) is 9. The third-order valence-corrected chi connectivity index (χ3v) is 14.3. The molecular formula is C27H40F2O8S3. The lowest BCUT2D eigenvalue weighted by atomic mass is 9.58. The number of alkyl halides is 2. The van der Waals surface area contributed by atoms with Crippen LogP contribution in [0.1, 0.15) is 77.6 Å². The molecule has 0 spiro atoms. The fraction of sp³-hybridized carbons (Fsp3) is 0.926. The summed E-state index contributed by atoms with van der Waals surface area (Å²) in [5, 5.41) is 5.95. The number of carbonyl (C=O) groups excluding carboxylic acids is 2. The number of aliphatic hydroxyl groups excluding tert-OH is 1. The molecule has 9 unspecified atom stereocenters. The summed E-state index contributed by atoms with van der Waals surface area (Å²) in [4.78, 5) is 26.4. The number of hydrogen-bond donors (Lipinski definition) is 2. The Bertz CT molecular complexity index is 1070. The van der Waals surface area contributed by atoms with Gasteiger partial charge < -0.3 is 14.6 Å². The van der Waals surface area contributed by atoms with Crippen LogP contribution in [-0.4, -0.2) is 70.2 Å². The van der Waals surface area contributed by atoms with Gasteiger partial charge in [0.1, 0.15) is 6.61 Å². The molecule has 4 bridgehead atoms. The zero-order valence-electron chi connectivity index (χ0n) is 22.8. The molecule has 0 aromatic carbocycles. The highest BCUT2D eigenvalue weighted by Gasteiger charge is 2.54. The Morgan fingerprint density at radius 2 is 1.73 bits per heavy atom. The molecule has 4 aliphatic carbocycles. The molecule has 0 aromatic rings. The molecule has 5 fully saturated rings. The van der Waals surface area contributed by atoms with Crippen LogP contribution < -0.4 is 0 Å². The molecule has 5 aliphatic rings. The number of ether oxygens (including phenoxy) is 2. The van der Waals surface area contributed by atoms with Crippen LogP contribution in [-0.2, 0) is 29.2 Å². The summed E-state index contributed by atoms with van der Waals surface area (Å²) < 4.78 is 69.0. The first kappa shape index (κ1) is 30.8. The first-order valence-corrected chi connectivity index (χ1v) is 17.8. The van der Waals surface area contributed by atoms with E-state index in [-0.39, 0.29) is 27.6 Å². The van der Waals surface area contributed by atoms with Crippen molar-refractivity contribution in [1.82, 2.24) is 0 Å². The molecule has 1 aliphatic heterocycles. The van der Waals surface area contributed by atoms with Gasteiger partial charge in [-0.25, -0.2) is 0 Å². The fourth-order valence-electron chi connectivity index (χ4n) is 8.42. The van der Waals surface area contributed by atoms with E-state index in [0.717, 1.165) is 50.7 Å². The molecular weight excluding hydrogens is 586 g/mol. The molecule has 0 amide bonds. The van der Waals surface area contributed by atoms with Crippen molar-refractivity contribution in [3.8, 4) is 0 Å². The van der Waals surface area contributed by atoms with E-state index in [9.17, 15) is 31.9 Å². The Morgan fingerprint density at radius 1 is 1.00 bits per heavy atom. The van der Waals surface area contributed by atoms with Gasteiger partial charge in [0.25, 0.3) is 0 Å². The maximum atomic E-state index is 13.7. The second kappa shape index (κ2) is 11.5. The minimum absolute atomic E-state index is 0.110. The third kappa shape index (κ3) is 6.33. The minimum Gasteiger partial charge on any atom is -0.464 e. The number of fused-ring (bicyclic) bond motifs is 4. The molecule has 5 rings (SSSR count). The largest absolute Gasteiger partial charge is 0.464 e. The number of carbonyl (C=O) groups is 2. The van der Waals surface area contributed by atoms with Crippen LogP contribution in [0.5, 0.6) is 0 Å². The Labute approximate surface area is 243 Å². The molecule has 0 aromatic heterocycles. The van der Waals surface area contributed by atoms with Gasteiger partial charge in [0.15, 0.2) is 6.61 Å². The number of rotatable bonds is 8. The lowest BCUT2D eigenvalue weighted by Gasteiger charge is -2.47. The summed E-state index contributed by atoms with van der Waals surface area (Å²) in [6.07, 6.45) is 7.55. The van der Waals surface area contributed by atoms with Crippen molar-refractivity contribution in [2.24, 2.45) is 34.5 Å². The first-order chi connectivity index (χ1) is 18.7. The SMILES string of the molecule is CC1CC2CC(O)CC(C(=O)OCC3CSC(C4CC5CCCC(C(=O)OCC(F)(F)S(=O)(=O)O)(C5)C4)S3)(C1)C2. The van der Waals surface area contributed by atoms with Crippen molar-refractivity contribution in [1.29, 1.82) is 0 Å². The molecule has 40 heavy (non-hydrogen) atoms. The number of thioether (sulfide) groups is 2. The summed E-state index contributed by atoms with van der Waals surface area (Å²) in [6, 6.07) is 0. The zero-order valence-corrected chi connectivity index (χ0v) is 25.2. The van der Waals surface area contributed by atoms with Gasteiger partial charge in [-0.3, -0.25) is 14.1 Å².